The number of ether oxygens (including phenoxy) is 1. The Kier molecular flexibility index (Phi) is 9.88. The molecule has 0 spiro atoms. The highest BCUT2D eigenvalue weighted by atomic mass is 16.6. The van der Waals surface area contributed by atoms with Gasteiger partial charge in [-0.3, -0.25) is 4.79 Å². The number of rotatable bonds is 13. The predicted octanol–water partition coefficient (Wildman–Crippen LogP) is 4.87. The van der Waals surface area contributed by atoms with Gasteiger partial charge in [0, 0.05) is 6.42 Å². The number of epoxide rings is 1. The molecular weight excluding hydrogens is 264 g/mol. The van der Waals surface area contributed by atoms with Gasteiger partial charge in [-0.05, 0) is 44.9 Å². The maximum Gasteiger partial charge on any atom is 0.303 e. The maximum absolute atomic E-state index is 10.4. The van der Waals surface area contributed by atoms with Gasteiger partial charge < -0.3 is 9.84 Å². The van der Waals surface area contributed by atoms with Crippen LogP contribution >= 0.6 is 0 Å². The first-order valence-corrected chi connectivity index (χ1v) is 8.41. The van der Waals surface area contributed by atoms with E-state index in [9.17, 15) is 4.79 Å². The van der Waals surface area contributed by atoms with Gasteiger partial charge in [0.25, 0.3) is 0 Å². The van der Waals surface area contributed by atoms with E-state index < -0.39 is 5.97 Å². The number of carboxylic acid groups (broad SMARTS) is 1. The highest BCUT2D eigenvalue weighted by Crippen LogP contribution is 2.30. The number of unbranched alkanes of at least 4 members (excludes halogenated alkanes) is 3. The summed E-state index contributed by atoms with van der Waals surface area (Å²) < 4.78 is 5.54. The summed E-state index contributed by atoms with van der Waals surface area (Å²) in [6.07, 6.45) is 19.8. The van der Waals surface area contributed by atoms with Crippen molar-refractivity contribution in [1.29, 1.82) is 0 Å². The molecule has 2 unspecified atom stereocenters. The number of hydrogen-bond acceptors (Lipinski definition) is 2. The minimum atomic E-state index is -0.710. The van der Waals surface area contributed by atoms with Crippen molar-refractivity contribution in [2.75, 3.05) is 0 Å². The zero-order valence-electron chi connectivity index (χ0n) is 13.3. The van der Waals surface area contributed by atoms with E-state index in [0.717, 1.165) is 32.1 Å². The normalized spacial score (nSPS) is 21.4. The molecule has 21 heavy (non-hydrogen) atoms. The lowest BCUT2D eigenvalue weighted by Crippen LogP contribution is -1.98. The van der Waals surface area contributed by atoms with Crippen molar-refractivity contribution < 1.29 is 14.6 Å². The average Bonchev–Trinajstić information content (AvgIpc) is 3.19. The zero-order valence-corrected chi connectivity index (χ0v) is 13.3. The van der Waals surface area contributed by atoms with Crippen molar-refractivity contribution in [1.82, 2.24) is 0 Å². The van der Waals surface area contributed by atoms with Crippen LogP contribution in [0.5, 0.6) is 0 Å². The van der Waals surface area contributed by atoms with Gasteiger partial charge in [-0.15, -0.1) is 0 Å². The van der Waals surface area contributed by atoms with Crippen molar-refractivity contribution in [3.05, 3.63) is 24.3 Å². The Balaban J connectivity index is 1.88. The van der Waals surface area contributed by atoms with E-state index in [-0.39, 0.29) is 6.42 Å². The Bertz CT molecular complexity index is 333. The molecule has 0 aromatic heterocycles. The van der Waals surface area contributed by atoms with E-state index in [0.29, 0.717) is 12.2 Å². The third-order valence-electron chi connectivity index (χ3n) is 3.76. The summed E-state index contributed by atoms with van der Waals surface area (Å²) in [6, 6.07) is 0. The fraction of sp³-hybridized carbons (Fsp3) is 0.722. The summed E-state index contributed by atoms with van der Waals surface area (Å²) in [4.78, 5) is 10.4. The molecule has 0 aromatic carbocycles. The summed E-state index contributed by atoms with van der Waals surface area (Å²) in [5, 5.41) is 8.56. The second-order valence-corrected chi connectivity index (χ2v) is 5.75. The van der Waals surface area contributed by atoms with Crippen molar-refractivity contribution >= 4 is 5.97 Å². The fourth-order valence-corrected chi connectivity index (χ4v) is 2.42. The second kappa shape index (κ2) is 11.6. The number of hydrogen-bond donors (Lipinski definition) is 1. The molecule has 1 aliphatic rings. The Labute approximate surface area is 129 Å². The Morgan fingerprint density at radius 3 is 2.43 bits per heavy atom. The number of aliphatic carboxylic acids is 1. The van der Waals surface area contributed by atoms with Crippen LogP contribution < -0.4 is 0 Å². The van der Waals surface area contributed by atoms with Crippen molar-refractivity contribution in [2.45, 2.75) is 83.3 Å². The minimum absolute atomic E-state index is 0.261. The van der Waals surface area contributed by atoms with Gasteiger partial charge in [0.05, 0.1) is 12.2 Å². The first kappa shape index (κ1) is 18.0. The summed E-state index contributed by atoms with van der Waals surface area (Å²) in [7, 11) is 0. The van der Waals surface area contributed by atoms with Crippen LogP contribution in [0.3, 0.4) is 0 Å². The molecule has 0 aliphatic carbocycles. The van der Waals surface area contributed by atoms with Gasteiger partial charge in [0.15, 0.2) is 0 Å². The largest absolute Gasteiger partial charge is 0.481 e. The van der Waals surface area contributed by atoms with Gasteiger partial charge in [-0.2, -0.15) is 0 Å². The van der Waals surface area contributed by atoms with E-state index in [4.69, 9.17) is 9.84 Å². The van der Waals surface area contributed by atoms with E-state index in [1.54, 1.807) is 0 Å². The molecule has 0 radical (unpaired) electrons. The van der Waals surface area contributed by atoms with Gasteiger partial charge in [-0.1, -0.05) is 44.1 Å². The molecule has 1 rings (SSSR count). The smallest absolute Gasteiger partial charge is 0.303 e. The van der Waals surface area contributed by atoms with Crippen LogP contribution in [0, 0.1) is 0 Å². The van der Waals surface area contributed by atoms with Crippen molar-refractivity contribution in [3.63, 3.8) is 0 Å². The van der Waals surface area contributed by atoms with E-state index in [1.165, 1.54) is 25.7 Å². The Morgan fingerprint density at radius 1 is 1.00 bits per heavy atom. The summed E-state index contributed by atoms with van der Waals surface area (Å²) in [5.74, 6) is -0.710. The first-order valence-electron chi connectivity index (χ1n) is 8.41. The molecular formula is C18H30O3. The number of carbonyl (C=O) groups is 1. The molecule has 0 aromatic rings. The molecule has 1 aliphatic heterocycles. The number of allylic oxidation sites excluding steroid dienone is 4. The molecule has 3 heteroatoms. The monoisotopic (exact) mass is 294 g/mol. The average molecular weight is 294 g/mol. The standard InChI is InChI=1S/C18H30O3/c1-2-3-4-5-6-7-8-9-10-11-13-16-17(21-16)14-12-15-18(19)20/h6-7,9-10,16-17H,2-5,8,11-15H2,1H3,(H,19,20)/b7-6-,10-9-. The lowest BCUT2D eigenvalue weighted by molar-refractivity contribution is -0.137. The third-order valence-corrected chi connectivity index (χ3v) is 3.76. The van der Waals surface area contributed by atoms with E-state index >= 15 is 0 Å². The van der Waals surface area contributed by atoms with Crippen LogP contribution in [0.2, 0.25) is 0 Å². The van der Waals surface area contributed by atoms with E-state index in [2.05, 4.69) is 31.2 Å². The predicted molar refractivity (Wildman–Crippen MR) is 86.4 cm³/mol. The van der Waals surface area contributed by atoms with Crippen molar-refractivity contribution in [3.8, 4) is 0 Å². The molecule has 1 N–H and O–H groups in total. The molecule has 1 heterocycles. The fourth-order valence-electron chi connectivity index (χ4n) is 2.42. The topological polar surface area (TPSA) is 49.8 Å². The molecule has 0 bridgehead atoms. The summed E-state index contributed by atoms with van der Waals surface area (Å²) >= 11 is 0. The van der Waals surface area contributed by atoms with E-state index in [1.807, 2.05) is 0 Å². The van der Waals surface area contributed by atoms with Crippen LogP contribution in [0.4, 0.5) is 0 Å². The number of carboxylic acids is 1. The van der Waals surface area contributed by atoms with Crippen LogP contribution in [0.25, 0.3) is 0 Å². The second-order valence-electron chi connectivity index (χ2n) is 5.75. The molecule has 2 atom stereocenters. The highest BCUT2D eigenvalue weighted by molar-refractivity contribution is 5.66. The summed E-state index contributed by atoms with van der Waals surface area (Å²) in [6.45, 7) is 2.23. The maximum atomic E-state index is 10.4. The van der Waals surface area contributed by atoms with Gasteiger partial charge in [-0.25, -0.2) is 0 Å². The SMILES string of the molecule is CCCCC/C=C\C/C=C\CCC1OC1CCCC(=O)O. The molecule has 0 saturated carbocycles. The molecule has 1 saturated heterocycles. The van der Waals surface area contributed by atoms with Gasteiger partial charge >= 0.3 is 5.97 Å². The van der Waals surface area contributed by atoms with Crippen LogP contribution in [0.15, 0.2) is 24.3 Å². The first-order chi connectivity index (χ1) is 10.2. The third kappa shape index (κ3) is 10.3. The minimum Gasteiger partial charge on any atom is -0.481 e. The molecule has 1 fully saturated rings. The lowest BCUT2D eigenvalue weighted by atomic mass is 10.1. The van der Waals surface area contributed by atoms with Crippen LogP contribution in [0.1, 0.15) is 71.1 Å². The molecule has 3 nitrogen and oxygen atoms in total. The van der Waals surface area contributed by atoms with Gasteiger partial charge in [0.1, 0.15) is 0 Å². The highest BCUT2D eigenvalue weighted by Gasteiger charge is 2.36. The Morgan fingerprint density at radius 2 is 1.71 bits per heavy atom. The lowest BCUT2D eigenvalue weighted by Gasteiger charge is -1.93. The van der Waals surface area contributed by atoms with Gasteiger partial charge in [0.2, 0.25) is 0 Å². The van der Waals surface area contributed by atoms with Crippen molar-refractivity contribution in [2.24, 2.45) is 0 Å². The molecule has 0 amide bonds. The molecule has 120 valence electrons. The van der Waals surface area contributed by atoms with Crippen LogP contribution in [-0.2, 0) is 9.53 Å². The summed E-state index contributed by atoms with van der Waals surface area (Å²) in [5.41, 5.74) is 0. The Hall–Kier alpha value is -1.09. The quantitative estimate of drug-likeness (QED) is 0.299. The van der Waals surface area contributed by atoms with Crippen LogP contribution in [-0.4, -0.2) is 23.3 Å². The zero-order chi connectivity index (χ0) is 15.3.